The topological polar surface area (TPSA) is 87.7 Å². The lowest BCUT2D eigenvalue weighted by Gasteiger charge is -2.06. The number of thiazole rings is 1. The molecule has 2 aromatic carbocycles. The molecule has 0 aliphatic rings. The van der Waals surface area contributed by atoms with E-state index in [1.807, 2.05) is 18.2 Å². The summed E-state index contributed by atoms with van der Waals surface area (Å²) >= 11 is 1.52. The number of amides is 1. The standard InChI is InChI=1S/C17H12N4O2S/c22-16(14-17(23)21-12-6-2-1-5-11(12)20-14)18-8-10-4-3-7-13-15(10)24-9-19-13/h1-7,9H,8H2,(H,18,22)(H,21,23). The number of hydrogen-bond donors (Lipinski definition) is 2. The van der Waals surface area contributed by atoms with Gasteiger partial charge in [-0.25, -0.2) is 9.97 Å². The number of nitrogens with zero attached hydrogens (tertiary/aromatic N) is 2. The second-order valence-corrected chi connectivity index (χ2v) is 6.09. The van der Waals surface area contributed by atoms with Crippen molar-refractivity contribution in [3.63, 3.8) is 0 Å². The highest BCUT2D eigenvalue weighted by Gasteiger charge is 2.14. The molecule has 0 unspecified atom stereocenters. The normalized spacial score (nSPS) is 11.0. The molecule has 0 saturated heterocycles. The predicted molar refractivity (Wildman–Crippen MR) is 93.2 cm³/mol. The van der Waals surface area contributed by atoms with Gasteiger partial charge in [0.1, 0.15) is 0 Å². The number of aromatic amines is 1. The molecule has 0 aliphatic carbocycles. The number of hydrogen-bond acceptors (Lipinski definition) is 5. The van der Waals surface area contributed by atoms with Crippen molar-refractivity contribution in [2.75, 3.05) is 0 Å². The summed E-state index contributed by atoms with van der Waals surface area (Å²) in [5, 5.41) is 2.76. The third kappa shape index (κ3) is 2.55. The smallest absolute Gasteiger partial charge is 0.280 e. The van der Waals surface area contributed by atoms with Gasteiger partial charge in [0.2, 0.25) is 0 Å². The number of nitrogens with one attached hydrogen (secondary N) is 2. The maximum absolute atomic E-state index is 12.4. The van der Waals surface area contributed by atoms with E-state index in [0.717, 1.165) is 15.8 Å². The van der Waals surface area contributed by atoms with Crippen LogP contribution in [-0.2, 0) is 6.54 Å². The van der Waals surface area contributed by atoms with Crippen LogP contribution in [0.2, 0.25) is 0 Å². The van der Waals surface area contributed by atoms with Crippen molar-refractivity contribution in [2.24, 2.45) is 0 Å². The van der Waals surface area contributed by atoms with Gasteiger partial charge in [-0.3, -0.25) is 9.59 Å². The van der Waals surface area contributed by atoms with Crippen LogP contribution in [-0.4, -0.2) is 20.9 Å². The third-order valence-corrected chi connectivity index (χ3v) is 4.61. The van der Waals surface area contributed by atoms with Crippen molar-refractivity contribution in [1.29, 1.82) is 0 Å². The quantitative estimate of drug-likeness (QED) is 0.601. The third-order valence-electron chi connectivity index (χ3n) is 3.69. The summed E-state index contributed by atoms with van der Waals surface area (Å²) in [7, 11) is 0. The number of fused-ring (bicyclic) bond motifs is 2. The average Bonchev–Trinajstić information content (AvgIpc) is 3.08. The Morgan fingerprint density at radius 1 is 1.12 bits per heavy atom. The zero-order valence-electron chi connectivity index (χ0n) is 12.4. The fraction of sp³-hybridized carbons (Fsp3) is 0.0588. The van der Waals surface area contributed by atoms with Crippen molar-refractivity contribution in [3.05, 3.63) is 69.6 Å². The summed E-state index contributed by atoms with van der Waals surface area (Å²) in [5.41, 5.74) is 4.17. The van der Waals surface area contributed by atoms with Crippen LogP contribution in [0.5, 0.6) is 0 Å². The zero-order valence-corrected chi connectivity index (χ0v) is 13.3. The molecule has 2 heterocycles. The highest BCUT2D eigenvalue weighted by molar-refractivity contribution is 7.16. The van der Waals surface area contributed by atoms with Crippen molar-refractivity contribution in [3.8, 4) is 0 Å². The van der Waals surface area contributed by atoms with Crippen LogP contribution in [0.25, 0.3) is 21.3 Å². The maximum atomic E-state index is 12.4. The number of carbonyl (C=O) groups excluding carboxylic acids is 1. The Morgan fingerprint density at radius 2 is 1.96 bits per heavy atom. The van der Waals surface area contributed by atoms with Crippen LogP contribution in [0.15, 0.2) is 52.8 Å². The second kappa shape index (κ2) is 5.86. The zero-order chi connectivity index (χ0) is 16.5. The molecule has 24 heavy (non-hydrogen) atoms. The van der Waals surface area contributed by atoms with Gasteiger partial charge >= 0.3 is 0 Å². The minimum Gasteiger partial charge on any atom is -0.346 e. The monoisotopic (exact) mass is 336 g/mol. The first kappa shape index (κ1) is 14.5. The molecule has 6 nitrogen and oxygen atoms in total. The first-order valence-electron chi connectivity index (χ1n) is 7.31. The lowest BCUT2D eigenvalue weighted by atomic mass is 10.2. The summed E-state index contributed by atoms with van der Waals surface area (Å²) in [6.07, 6.45) is 0. The molecule has 0 fully saturated rings. The average molecular weight is 336 g/mol. The van der Waals surface area contributed by atoms with Gasteiger partial charge in [0.15, 0.2) is 5.69 Å². The van der Waals surface area contributed by atoms with Crippen LogP contribution in [0.4, 0.5) is 0 Å². The van der Waals surface area contributed by atoms with Crippen LogP contribution in [0.1, 0.15) is 16.1 Å². The lowest BCUT2D eigenvalue weighted by molar-refractivity contribution is 0.0945. The van der Waals surface area contributed by atoms with Crippen LogP contribution in [0, 0.1) is 0 Å². The summed E-state index contributed by atoms with van der Waals surface area (Å²) in [5.74, 6) is -0.497. The Morgan fingerprint density at radius 3 is 2.88 bits per heavy atom. The van der Waals surface area contributed by atoms with E-state index in [-0.39, 0.29) is 5.69 Å². The number of rotatable bonds is 3. The Balaban J connectivity index is 1.61. The minimum atomic E-state index is -0.498. The highest BCUT2D eigenvalue weighted by Crippen LogP contribution is 2.21. The molecule has 0 saturated carbocycles. The van der Waals surface area contributed by atoms with E-state index in [1.165, 1.54) is 11.3 Å². The van der Waals surface area contributed by atoms with Crippen molar-refractivity contribution < 1.29 is 4.79 Å². The van der Waals surface area contributed by atoms with E-state index in [2.05, 4.69) is 20.3 Å². The number of para-hydroxylation sites is 2. The largest absolute Gasteiger partial charge is 0.346 e. The van der Waals surface area contributed by atoms with Crippen LogP contribution < -0.4 is 10.9 Å². The molecule has 0 radical (unpaired) electrons. The number of carbonyl (C=O) groups is 1. The molecule has 4 rings (SSSR count). The van der Waals surface area contributed by atoms with E-state index < -0.39 is 11.5 Å². The summed E-state index contributed by atoms with van der Waals surface area (Å²) < 4.78 is 1.03. The van der Waals surface area contributed by atoms with Gasteiger partial charge in [0, 0.05) is 6.54 Å². The first-order valence-corrected chi connectivity index (χ1v) is 8.19. The van der Waals surface area contributed by atoms with E-state index in [0.29, 0.717) is 17.6 Å². The Labute approximate surface area is 140 Å². The van der Waals surface area contributed by atoms with Gasteiger partial charge < -0.3 is 10.3 Å². The summed E-state index contributed by atoms with van der Waals surface area (Å²) in [6.45, 7) is 0.312. The molecule has 0 spiro atoms. The Bertz CT molecular complexity index is 1120. The van der Waals surface area contributed by atoms with Gasteiger partial charge in [0.05, 0.1) is 26.8 Å². The highest BCUT2D eigenvalue weighted by atomic mass is 32.1. The molecule has 4 aromatic rings. The van der Waals surface area contributed by atoms with Crippen LogP contribution >= 0.6 is 11.3 Å². The van der Waals surface area contributed by atoms with Gasteiger partial charge in [-0.1, -0.05) is 24.3 Å². The molecule has 0 atom stereocenters. The second-order valence-electron chi connectivity index (χ2n) is 5.23. The van der Waals surface area contributed by atoms with E-state index >= 15 is 0 Å². The van der Waals surface area contributed by atoms with E-state index in [9.17, 15) is 9.59 Å². The van der Waals surface area contributed by atoms with Crippen molar-refractivity contribution in [1.82, 2.24) is 20.3 Å². The summed E-state index contributed by atoms with van der Waals surface area (Å²) in [4.78, 5) is 35.5. The molecule has 118 valence electrons. The van der Waals surface area contributed by atoms with Gasteiger partial charge in [-0.15, -0.1) is 11.3 Å². The first-order chi connectivity index (χ1) is 11.7. The van der Waals surface area contributed by atoms with Crippen molar-refractivity contribution in [2.45, 2.75) is 6.54 Å². The molecule has 0 bridgehead atoms. The predicted octanol–water partition coefficient (Wildman–Crippen LogP) is 2.46. The number of benzene rings is 2. The molecule has 2 aromatic heterocycles. The molecule has 1 amide bonds. The van der Waals surface area contributed by atoms with Gasteiger partial charge in [-0.2, -0.15) is 0 Å². The fourth-order valence-corrected chi connectivity index (χ4v) is 3.33. The molecular formula is C17H12N4O2S. The van der Waals surface area contributed by atoms with E-state index in [1.54, 1.807) is 29.8 Å². The molecule has 2 N–H and O–H groups in total. The van der Waals surface area contributed by atoms with Gasteiger partial charge in [-0.05, 0) is 23.8 Å². The van der Waals surface area contributed by atoms with Gasteiger partial charge in [0.25, 0.3) is 11.5 Å². The Kier molecular flexibility index (Phi) is 3.55. The molecule has 0 aliphatic heterocycles. The molecule has 7 heteroatoms. The molecular weight excluding hydrogens is 324 g/mol. The SMILES string of the molecule is O=C(NCc1cccc2ncsc12)c1nc2ccccc2[nH]c1=O. The lowest BCUT2D eigenvalue weighted by Crippen LogP contribution is -2.30. The Hall–Kier alpha value is -3.06. The van der Waals surface area contributed by atoms with Crippen LogP contribution in [0.3, 0.4) is 0 Å². The number of aromatic nitrogens is 3. The maximum Gasteiger partial charge on any atom is 0.280 e. The number of H-pyrrole nitrogens is 1. The fourth-order valence-electron chi connectivity index (χ4n) is 2.53. The summed E-state index contributed by atoms with van der Waals surface area (Å²) in [6, 6.07) is 12.8. The van der Waals surface area contributed by atoms with E-state index in [4.69, 9.17) is 0 Å². The van der Waals surface area contributed by atoms with Crippen molar-refractivity contribution >= 4 is 38.5 Å². The minimum absolute atomic E-state index is 0.134.